The van der Waals surface area contributed by atoms with Gasteiger partial charge in [-0.25, -0.2) is 4.99 Å². The van der Waals surface area contributed by atoms with Gasteiger partial charge in [0.1, 0.15) is 5.75 Å². The molecule has 150 valence electrons. The van der Waals surface area contributed by atoms with Crippen LogP contribution in [-0.2, 0) is 10.3 Å². The van der Waals surface area contributed by atoms with Crippen LogP contribution in [0.5, 0.6) is 5.75 Å². The van der Waals surface area contributed by atoms with Gasteiger partial charge in [-0.15, -0.1) is 0 Å². The summed E-state index contributed by atoms with van der Waals surface area (Å²) in [7, 11) is 1.56. The van der Waals surface area contributed by atoms with Gasteiger partial charge in [-0.1, -0.05) is 42.5 Å². The number of nitrogens with zero attached hydrogens (tertiary/aromatic N) is 2. The van der Waals surface area contributed by atoms with E-state index in [0.29, 0.717) is 17.0 Å². The van der Waals surface area contributed by atoms with Crippen molar-refractivity contribution in [2.75, 3.05) is 7.05 Å². The van der Waals surface area contributed by atoms with Gasteiger partial charge in [-0.2, -0.15) is 8.78 Å². The number of guanidine groups is 1. The maximum atomic E-state index is 13.3. The van der Waals surface area contributed by atoms with Crippen LogP contribution in [0.25, 0.3) is 6.08 Å². The lowest BCUT2D eigenvalue weighted by molar-refractivity contribution is -0.129. The second-order valence-corrected chi connectivity index (χ2v) is 7.27. The third-order valence-electron chi connectivity index (χ3n) is 5.22. The lowest BCUT2D eigenvalue weighted by Crippen LogP contribution is -2.41. The van der Waals surface area contributed by atoms with Crippen LogP contribution in [0.2, 0.25) is 0 Å². The molecule has 2 aromatic rings. The molecule has 7 heteroatoms. The van der Waals surface area contributed by atoms with E-state index in [9.17, 15) is 13.6 Å². The maximum absolute atomic E-state index is 13.3. The second kappa shape index (κ2) is 7.31. The van der Waals surface area contributed by atoms with E-state index in [2.05, 4.69) is 15.8 Å². The topological polar surface area (TPSA) is 67.9 Å². The number of hydrogen-bond acceptors (Lipinski definition) is 4. The molecule has 2 aromatic carbocycles. The average molecular weight is 397 g/mol. The molecule has 0 aromatic heterocycles. The summed E-state index contributed by atoms with van der Waals surface area (Å²) in [5.41, 5.74) is 6.76. The Morgan fingerprint density at radius 2 is 1.93 bits per heavy atom. The van der Waals surface area contributed by atoms with E-state index in [1.54, 1.807) is 19.2 Å². The number of halogens is 2. The molecule has 0 bridgehead atoms. The number of hydrogen-bond donors (Lipinski definition) is 1. The van der Waals surface area contributed by atoms with E-state index in [1.807, 2.05) is 30.3 Å². The molecule has 1 amide bonds. The van der Waals surface area contributed by atoms with Crippen LogP contribution < -0.4 is 10.5 Å². The van der Waals surface area contributed by atoms with E-state index in [0.717, 1.165) is 5.56 Å². The fourth-order valence-electron chi connectivity index (χ4n) is 3.46. The number of carbonyl (C=O) groups is 1. The predicted octanol–water partition coefficient (Wildman–Crippen LogP) is 3.74. The molecule has 2 aliphatic rings. The highest BCUT2D eigenvalue weighted by Gasteiger charge is 2.49. The van der Waals surface area contributed by atoms with Crippen molar-refractivity contribution in [3.8, 4) is 5.75 Å². The van der Waals surface area contributed by atoms with Crippen molar-refractivity contribution < 1.29 is 18.3 Å². The number of ether oxygens (including phenoxy) is 1. The minimum Gasteiger partial charge on any atom is -0.435 e. The summed E-state index contributed by atoms with van der Waals surface area (Å²) >= 11 is 0. The van der Waals surface area contributed by atoms with Crippen molar-refractivity contribution in [1.82, 2.24) is 4.90 Å². The van der Waals surface area contributed by atoms with Crippen molar-refractivity contribution in [2.45, 2.75) is 25.0 Å². The van der Waals surface area contributed by atoms with Gasteiger partial charge in [-0.05, 0) is 53.6 Å². The molecule has 1 heterocycles. The van der Waals surface area contributed by atoms with Gasteiger partial charge in [-0.3, -0.25) is 9.69 Å². The standard InChI is InChI=1S/C22H21F2N3O2/c1-27-19(28)22(26-21(27)25,16-9-11-18(12-10-16)29-20(23)24)17-4-2-3-15(13-17)8-7-14-5-6-14/h2-4,7-14,20H,5-6H2,1H3,(H2,25,26)/b8-7+/t22-/m1/s1. The van der Waals surface area contributed by atoms with Crippen LogP contribution in [0.3, 0.4) is 0 Å². The number of rotatable bonds is 6. The Bertz CT molecular complexity index is 984. The van der Waals surface area contributed by atoms with E-state index < -0.39 is 12.2 Å². The summed E-state index contributed by atoms with van der Waals surface area (Å²) in [4.78, 5) is 19.1. The number of nitrogens with two attached hydrogens (primary N) is 1. The van der Waals surface area contributed by atoms with E-state index in [-0.39, 0.29) is 17.6 Å². The van der Waals surface area contributed by atoms with Gasteiger partial charge in [0.25, 0.3) is 5.91 Å². The summed E-state index contributed by atoms with van der Waals surface area (Å²) in [5, 5.41) is 0. The fraction of sp³-hybridized carbons (Fsp3) is 0.273. The average Bonchev–Trinajstić information content (AvgIpc) is 3.51. The number of likely N-dealkylation sites (N-methyl/N-ethyl adjacent to an activating group) is 1. The van der Waals surface area contributed by atoms with Crippen molar-refractivity contribution in [2.24, 2.45) is 16.6 Å². The van der Waals surface area contributed by atoms with Crippen LogP contribution in [0.15, 0.2) is 59.6 Å². The largest absolute Gasteiger partial charge is 0.435 e. The first kappa shape index (κ1) is 19.1. The zero-order valence-electron chi connectivity index (χ0n) is 15.9. The van der Waals surface area contributed by atoms with E-state index in [4.69, 9.17) is 5.73 Å². The molecule has 1 saturated carbocycles. The molecule has 1 atom stereocenters. The zero-order chi connectivity index (χ0) is 20.6. The van der Waals surface area contributed by atoms with Gasteiger partial charge in [0.05, 0.1) is 0 Å². The number of allylic oxidation sites excluding steroid dienone is 1. The van der Waals surface area contributed by atoms with Gasteiger partial charge in [0.15, 0.2) is 11.5 Å². The van der Waals surface area contributed by atoms with Crippen LogP contribution >= 0.6 is 0 Å². The molecule has 29 heavy (non-hydrogen) atoms. The summed E-state index contributed by atoms with van der Waals surface area (Å²) in [5.74, 6) is 0.432. The maximum Gasteiger partial charge on any atom is 0.387 e. The lowest BCUT2D eigenvalue weighted by atomic mass is 9.82. The number of benzene rings is 2. The molecule has 1 aliphatic carbocycles. The molecule has 0 radical (unpaired) electrons. The number of amides is 1. The molecule has 0 saturated heterocycles. The van der Waals surface area contributed by atoms with Crippen molar-refractivity contribution in [3.05, 3.63) is 71.3 Å². The molecule has 0 spiro atoms. The SMILES string of the molecule is CN1C(=O)[C@@](c2ccc(OC(F)F)cc2)(c2cccc(/C=C/C3CC3)c2)N=C1N. The third-order valence-corrected chi connectivity index (χ3v) is 5.22. The molecule has 1 fully saturated rings. The van der Waals surface area contributed by atoms with Gasteiger partial charge < -0.3 is 10.5 Å². The van der Waals surface area contributed by atoms with Crippen LogP contribution in [0, 0.1) is 5.92 Å². The Morgan fingerprint density at radius 1 is 1.21 bits per heavy atom. The minimum atomic E-state index is -2.92. The smallest absolute Gasteiger partial charge is 0.387 e. The molecule has 4 rings (SSSR count). The quantitative estimate of drug-likeness (QED) is 0.807. The van der Waals surface area contributed by atoms with E-state index >= 15 is 0 Å². The molecule has 1 aliphatic heterocycles. The third kappa shape index (κ3) is 3.60. The van der Waals surface area contributed by atoms with Crippen LogP contribution in [0.4, 0.5) is 8.78 Å². The number of alkyl halides is 2. The molecule has 0 unspecified atom stereocenters. The van der Waals surface area contributed by atoms with Gasteiger partial charge in [0, 0.05) is 7.05 Å². The van der Waals surface area contributed by atoms with Crippen LogP contribution in [0.1, 0.15) is 29.5 Å². The number of carbonyl (C=O) groups excluding carboxylic acids is 1. The zero-order valence-corrected chi connectivity index (χ0v) is 15.9. The highest BCUT2D eigenvalue weighted by atomic mass is 19.3. The highest BCUT2D eigenvalue weighted by molar-refractivity contribution is 6.09. The van der Waals surface area contributed by atoms with Crippen molar-refractivity contribution >= 4 is 17.9 Å². The number of aliphatic imine (C=N–C) groups is 1. The normalized spacial score (nSPS) is 21.9. The Kier molecular flexibility index (Phi) is 4.82. The van der Waals surface area contributed by atoms with E-state index in [1.165, 1.54) is 29.9 Å². The summed E-state index contributed by atoms with van der Waals surface area (Å²) in [6.07, 6.45) is 6.63. The summed E-state index contributed by atoms with van der Waals surface area (Å²) in [6.45, 7) is -2.92. The first-order valence-corrected chi connectivity index (χ1v) is 9.38. The first-order valence-electron chi connectivity index (χ1n) is 9.38. The Hall–Kier alpha value is -3.22. The predicted molar refractivity (Wildman–Crippen MR) is 106 cm³/mol. The minimum absolute atomic E-state index is 0.00997. The molecule has 2 N–H and O–H groups in total. The Morgan fingerprint density at radius 3 is 2.52 bits per heavy atom. The summed E-state index contributed by atoms with van der Waals surface area (Å²) < 4.78 is 29.4. The van der Waals surface area contributed by atoms with Crippen molar-refractivity contribution in [1.29, 1.82) is 0 Å². The summed E-state index contributed by atoms with van der Waals surface area (Å²) in [6, 6.07) is 13.5. The molecular weight excluding hydrogens is 376 g/mol. The fourth-order valence-corrected chi connectivity index (χ4v) is 3.46. The van der Waals surface area contributed by atoms with Gasteiger partial charge in [0.2, 0.25) is 0 Å². The van der Waals surface area contributed by atoms with Crippen molar-refractivity contribution in [3.63, 3.8) is 0 Å². The molecular formula is C22H21F2N3O2. The first-order chi connectivity index (χ1) is 13.9. The van der Waals surface area contributed by atoms with Crippen LogP contribution in [-0.4, -0.2) is 30.4 Å². The lowest BCUT2D eigenvalue weighted by Gasteiger charge is -2.26. The Labute approximate surface area is 167 Å². The molecule has 5 nitrogen and oxygen atoms in total. The second-order valence-electron chi connectivity index (χ2n) is 7.27. The highest BCUT2D eigenvalue weighted by Crippen LogP contribution is 2.40. The monoisotopic (exact) mass is 397 g/mol. The Balaban J connectivity index is 1.79. The van der Waals surface area contributed by atoms with Gasteiger partial charge >= 0.3 is 6.61 Å².